The molecule has 0 aromatic heterocycles. The molecule has 1 aromatic rings. The number of hydrogen-bond acceptors (Lipinski definition) is 5. The Kier molecular flexibility index (Phi) is 9.28. The molecule has 3 aliphatic rings. The molecular formula is C31H43N3O5. The lowest BCUT2D eigenvalue weighted by Crippen LogP contribution is -2.58. The molecule has 0 radical (unpaired) electrons. The van der Waals surface area contributed by atoms with Gasteiger partial charge in [0, 0.05) is 38.8 Å². The second-order valence-corrected chi connectivity index (χ2v) is 11.1. The number of carbonyl (C=O) groups excluding carboxylic acids is 3. The summed E-state index contributed by atoms with van der Waals surface area (Å²) in [6.45, 7) is 13.1. The number of aliphatic hydroxyl groups is 1. The summed E-state index contributed by atoms with van der Waals surface area (Å²) in [5, 5.41) is 9.59. The van der Waals surface area contributed by atoms with Gasteiger partial charge in [-0.2, -0.15) is 0 Å². The molecule has 1 aromatic carbocycles. The predicted molar refractivity (Wildman–Crippen MR) is 149 cm³/mol. The number of fused-ring (bicyclic) bond motifs is 1. The summed E-state index contributed by atoms with van der Waals surface area (Å²) in [5.41, 5.74) is -0.0566. The summed E-state index contributed by atoms with van der Waals surface area (Å²) in [5.74, 6) is -1.91. The van der Waals surface area contributed by atoms with E-state index in [0.29, 0.717) is 38.9 Å². The second kappa shape index (κ2) is 12.5. The van der Waals surface area contributed by atoms with Gasteiger partial charge >= 0.3 is 0 Å². The highest BCUT2D eigenvalue weighted by Crippen LogP contribution is 2.59. The molecule has 3 heterocycles. The quantitative estimate of drug-likeness (QED) is 0.368. The molecule has 1 N–H and O–H groups in total. The molecule has 4 rings (SSSR count). The van der Waals surface area contributed by atoms with Crippen molar-refractivity contribution in [3.05, 3.63) is 61.2 Å². The summed E-state index contributed by atoms with van der Waals surface area (Å²) >= 11 is 0. The number of ether oxygens (including phenoxy) is 1. The third-order valence-electron chi connectivity index (χ3n) is 8.60. The maximum atomic E-state index is 14.3. The van der Waals surface area contributed by atoms with Gasteiger partial charge in [-0.1, -0.05) is 55.8 Å². The Morgan fingerprint density at radius 2 is 1.92 bits per heavy atom. The first-order valence-electron chi connectivity index (χ1n) is 14.3. The third kappa shape index (κ3) is 5.29. The number of carbonyl (C=O) groups is 3. The second-order valence-electron chi connectivity index (χ2n) is 11.1. The average Bonchev–Trinajstić information content (AvgIpc) is 3.57. The lowest BCUT2D eigenvalue weighted by Gasteiger charge is -2.39. The van der Waals surface area contributed by atoms with Gasteiger partial charge in [-0.25, -0.2) is 0 Å². The van der Waals surface area contributed by atoms with Crippen molar-refractivity contribution < 1.29 is 24.2 Å². The Balaban J connectivity index is 1.69. The molecule has 3 amide bonds. The summed E-state index contributed by atoms with van der Waals surface area (Å²) in [6, 6.07) is 8.89. The van der Waals surface area contributed by atoms with Crippen molar-refractivity contribution in [3.8, 4) is 0 Å². The van der Waals surface area contributed by atoms with Gasteiger partial charge in [0.25, 0.3) is 0 Å². The van der Waals surface area contributed by atoms with Gasteiger partial charge < -0.3 is 24.5 Å². The topological polar surface area (TPSA) is 90.4 Å². The van der Waals surface area contributed by atoms with Gasteiger partial charge in [-0.3, -0.25) is 14.4 Å². The van der Waals surface area contributed by atoms with Crippen LogP contribution in [0.3, 0.4) is 0 Å². The largest absolute Gasteiger partial charge is 0.396 e. The zero-order valence-corrected chi connectivity index (χ0v) is 23.3. The van der Waals surface area contributed by atoms with Crippen LogP contribution < -0.4 is 0 Å². The van der Waals surface area contributed by atoms with E-state index in [1.807, 2.05) is 37.3 Å². The van der Waals surface area contributed by atoms with Gasteiger partial charge in [0.15, 0.2) is 0 Å². The predicted octanol–water partition coefficient (Wildman–Crippen LogP) is 3.16. The fraction of sp³-hybridized carbons (Fsp3) is 0.581. The average molecular weight is 538 g/mol. The van der Waals surface area contributed by atoms with Crippen molar-refractivity contribution in [1.29, 1.82) is 0 Å². The highest BCUT2D eigenvalue weighted by Gasteiger charge is 2.74. The lowest BCUT2D eigenvalue weighted by molar-refractivity contribution is -0.150. The van der Waals surface area contributed by atoms with Crippen molar-refractivity contribution in [2.45, 2.75) is 76.3 Å². The van der Waals surface area contributed by atoms with Crippen molar-refractivity contribution in [3.63, 3.8) is 0 Å². The first-order chi connectivity index (χ1) is 18.8. The molecule has 6 atom stereocenters. The summed E-state index contributed by atoms with van der Waals surface area (Å²) in [7, 11) is 0. The van der Waals surface area contributed by atoms with Crippen molar-refractivity contribution >= 4 is 17.7 Å². The van der Waals surface area contributed by atoms with Gasteiger partial charge in [0.2, 0.25) is 17.7 Å². The number of benzene rings is 1. The van der Waals surface area contributed by atoms with Crippen molar-refractivity contribution in [2.24, 2.45) is 11.8 Å². The van der Waals surface area contributed by atoms with Crippen LogP contribution in [-0.4, -0.2) is 87.6 Å². The van der Waals surface area contributed by atoms with E-state index in [4.69, 9.17) is 4.74 Å². The third-order valence-corrected chi connectivity index (χ3v) is 8.60. The molecule has 8 heteroatoms. The van der Waals surface area contributed by atoms with Crippen LogP contribution in [0.5, 0.6) is 0 Å². The number of aliphatic hydroxyl groups excluding tert-OH is 1. The highest BCUT2D eigenvalue weighted by molar-refractivity contribution is 5.99. The van der Waals surface area contributed by atoms with Crippen LogP contribution in [0.1, 0.15) is 51.5 Å². The maximum Gasteiger partial charge on any atom is 0.248 e. The molecule has 8 nitrogen and oxygen atoms in total. The van der Waals surface area contributed by atoms with Crippen LogP contribution in [0.15, 0.2) is 55.6 Å². The number of likely N-dealkylation sites (tertiary alicyclic amines) is 1. The Bertz CT molecular complexity index is 1060. The van der Waals surface area contributed by atoms with E-state index in [2.05, 4.69) is 20.1 Å². The van der Waals surface area contributed by atoms with Crippen LogP contribution in [0.25, 0.3) is 0 Å². The molecule has 3 saturated heterocycles. The lowest BCUT2D eigenvalue weighted by atomic mass is 9.70. The molecule has 212 valence electrons. The van der Waals surface area contributed by atoms with E-state index >= 15 is 0 Å². The molecule has 0 aliphatic carbocycles. The molecular weight excluding hydrogens is 494 g/mol. The number of amides is 3. The Hall–Kier alpha value is -2.97. The minimum Gasteiger partial charge on any atom is -0.396 e. The van der Waals surface area contributed by atoms with Crippen LogP contribution in [-0.2, 0) is 25.7 Å². The van der Waals surface area contributed by atoms with Gasteiger partial charge in [-0.15, -0.1) is 13.2 Å². The van der Waals surface area contributed by atoms with E-state index in [1.165, 1.54) is 0 Å². The highest BCUT2D eigenvalue weighted by atomic mass is 16.5. The number of nitrogens with zero attached hydrogens (tertiary/aromatic N) is 3. The minimum absolute atomic E-state index is 0.0317. The normalized spacial score (nSPS) is 27.8. The van der Waals surface area contributed by atoms with E-state index in [9.17, 15) is 19.5 Å². The zero-order chi connectivity index (χ0) is 28.2. The van der Waals surface area contributed by atoms with E-state index in [0.717, 1.165) is 18.4 Å². The first-order valence-corrected chi connectivity index (χ1v) is 14.3. The zero-order valence-electron chi connectivity index (χ0n) is 23.3. The van der Waals surface area contributed by atoms with Crippen LogP contribution in [0, 0.1) is 11.8 Å². The van der Waals surface area contributed by atoms with E-state index in [-0.39, 0.29) is 36.9 Å². The van der Waals surface area contributed by atoms with Gasteiger partial charge in [-0.05, 0) is 38.2 Å². The SMILES string of the molecule is C=CCN(Cc1ccccc1)C(=O)[C@@H]1[C@@H]2CCC3(O2)C(C(=O)N(CC=C)C(C)CCC)N(CCCO)C(=O)[C@H]13. The molecule has 0 saturated carbocycles. The van der Waals surface area contributed by atoms with Crippen LogP contribution >= 0.6 is 0 Å². The molecule has 3 unspecified atom stereocenters. The summed E-state index contributed by atoms with van der Waals surface area (Å²) < 4.78 is 6.61. The number of rotatable bonds is 14. The molecule has 2 bridgehead atoms. The standard InChI is InChI=1S/C31H43N3O5/c1-5-12-22(4)33(18-7-3)30(38)27-31-16-15-24(39-31)25(26(31)29(37)34(27)19-11-20-35)28(36)32(17-6-2)21-23-13-9-8-10-14-23/h6-10,13-14,22,24-27,35H,2-3,5,11-12,15-21H2,1,4H3/t22?,24-,25+,26-,27?,31?/m0/s1. The Morgan fingerprint density at radius 1 is 1.21 bits per heavy atom. The molecule has 39 heavy (non-hydrogen) atoms. The van der Waals surface area contributed by atoms with E-state index in [1.54, 1.807) is 26.9 Å². The number of hydrogen-bond donors (Lipinski definition) is 1. The summed E-state index contributed by atoms with van der Waals surface area (Å²) in [4.78, 5) is 47.6. The van der Waals surface area contributed by atoms with Crippen molar-refractivity contribution in [2.75, 3.05) is 26.2 Å². The Labute approximate surface area is 232 Å². The van der Waals surface area contributed by atoms with E-state index < -0.39 is 29.6 Å². The smallest absolute Gasteiger partial charge is 0.248 e. The fourth-order valence-corrected chi connectivity index (χ4v) is 6.96. The van der Waals surface area contributed by atoms with Gasteiger partial charge in [0.05, 0.1) is 17.9 Å². The molecule has 3 aliphatic heterocycles. The monoisotopic (exact) mass is 537 g/mol. The Morgan fingerprint density at radius 3 is 2.56 bits per heavy atom. The molecule has 1 spiro atoms. The van der Waals surface area contributed by atoms with Crippen molar-refractivity contribution in [1.82, 2.24) is 14.7 Å². The summed E-state index contributed by atoms with van der Waals surface area (Å²) in [6.07, 6.45) is 6.27. The minimum atomic E-state index is -1.05. The fourth-order valence-electron chi connectivity index (χ4n) is 6.96. The van der Waals surface area contributed by atoms with Gasteiger partial charge in [0.1, 0.15) is 11.6 Å². The first kappa shape index (κ1) is 29.0. The van der Waals surface area contributed by atoms with Crippen LogP contribution in [0.2, 0.25) is 0 Å². The maximum absolute atomic E-state index is 14.3. The molecule has 3 fully saturated rings. The van der Waals surface area contributed by atoms with Crippen LogP contribution in [0.4, 0.5) is 0 Å².